The molecule has 88 valence electrons. The summed E-state index contributed by atoms with van der Waals surface area (Å²) in [6.07, 6.45) is 1.50. The van der Waals surface area contributed by atoms with Crippen LogP contribution in [0.3, 0.4) is 0 Å². The van der Waals surface area contributed by atoms with Gasteiger partial charge >= 0.3 is 6.09 Å². The van der Waals surface area contributed by atoms with Crippen LogP contribution in [-0.4, -0.2) is 12.7 Å². The molecule has 1 aromatic carbocycles. The number of benzene rings is 1. The standard InChI is InChI=1S/C12H16BrNO2/c1-3-4-7-16-12(15)14-11-6-5-9(2)8-10(11)13/h5-6,8H,3-4,7H2,1-2H3,(H,14,15). The molecule has 3 nitrogen and oxygen atoms in total. The van der Waals surface area contributed by atoms with Crippen LogP contribution in [0.1, 0.15) is 25.3 Å². The monoisotopic (exact) mass is 285 g/mol. The Balaban J connectivity index is 2.49. The highest BCUT2D eigenvalue weighted by molar-refractivity contribution is 9.10. The van der Waals surface area contributed by atoms with Gasteiger partial charge in [0.1, 0.15) is 0 Å². The lowest BCUT2D eigenvalue weighted by Gasteiger charge is -2.08. The highest BCUT2D eigenvalue weighted by atomic mass is 79.9. The SMILES string of the molecule is CCCCOC(=O)Nc1ccc(C)cc1Br. The summed E-state index contributed by atoms with van der Waals surface area (Å²) in [6.45, 7) is 4.51. The molecule has 0 atom stereocenters. The Morgan fingerprint density at radius 3 is 2.88 bits per heavy atom. The zero-order chi connectivity index (χ0) is 12.0. The van der Waals surface area contributed by atoms with Gasteiger partial charge < -0.3 is 4.74 Å². The van der Waals surface area contributed by atoms with Crippen molar-refractivity contribution in [1.29, 1.82) is 0 Å². The maximum absolute atomic E-state index is 11.4. The number of ether oxygens (including phenoxy) is 1. The molecule has 1 N–H and O–H groups in total. The van der Waals surface area contributed by atoms with Gasteiger partial charge in [0, 0.05) is 4.47 Å². The molecule has 0 aliphatic heterocycles. The molecule has 0 spiro atoms. The second-order valence-electron chi connectivity index (χ2n) is 3.60. The molecule has 1 amide bonds. The fraction of sp³-hybridized carbons (Fsp3) is 0.417. The van der Waals surface area contributed by atoms with E-state index in [-0.39, 0.29) is 0 Å². The minimum absolute atomic E-state index is 0.405. The predicted octanol–water partition coefficient (Wildman–Crippen LogP) is 4.11. The molecule has 0 aromatic heterocycles. The molecule has 0 fully saturated rings. The summed E-state index contributed by atoms with van der Waals surface area (Å²) >= 11 is 3.39. The number of amides is 1. The molecular formula is C12H16BrNO2. The van der Waals surface area contributed by atoms with Crippen LogP contribution in [0.2, 0.25) is 0 Å². The summed E-state index contributed by atoms with van der Waals surface area (Å²) in [5.41, 5.74) is 1.86. The van der Waals surface area contributed by atoms with Crippen molar-refractivity contribution in [2.24, 2.45) is 0 Å². The number of carbonyl (C=O) groups excluding carboxylic acids is 1. The van der Waals surface area contributed by atoms with Crippen LogP contribution in [0.5, 0.6) is 0 Å². The molecule has 1 aromatic rings. The van der Waals surface area contributed by atoms with E-state index >= 15 is 0 Å². The summed E-state index contributed by atoms with van der Waals surface area (Å²) in [5, 5.41) is 2.69. The van der Waals surface area contributed by atoms with Crippen molar-refractivity contribution in [2.75, 3.05) is 11.9 Å². The summed E-state index contributed by atoms with van der Waals surface area (Å²) in [5.74, 6) is 0. The lowest BCUT2D eigenvalue weighted by Crippen LogP contribution is -2.14. The summed E-state index contributed by atoms with van der Waals surface area (Å²) < 4.78 is 5.86. The van der Waals surface area contributed by atoms with Crippen molar-refractivity contribution in [2.45, 2.75) is 26.7 Å². The number of hydrogen-bond acceptors (Lipinski definition) is 2. The van der Waals surface area contributed by atoms with Crippen molar-refractivity contribution >= 4 is 27.7 Å². The van der Waals surface area contributed by atoms with Crippen molar-refractivity contribution < 1.29 is 9.53 Å². The molecule has 0 unspecified atom stereocenters. The number of nitrogens with one attached hydrogen (secondary N) is 1. The van der Waals surface area contributed by atoms with Crippen molar-refractivity contribution in [3.63, 3.8) is 0 Å². The minimum atomic E-state index is -0.405. The van der Waals surface area contributed by atoms with Crippen LogP contribution in [-0.2, 0) is 4.74 Å². The Kier molecular flexibility index (Phi) is 5.32. The molecule has 0 heterocycles. The summed E-state index contributed by atoms with van der Waals surface area (Å²) in [4.78, 5) is 11.4. The van der Waals surface area contributed by atoms with E-state index in [0.29, 0.717) is 6.61 Å². The zero-order valence-electron chi connectivity index (χ0n) is 9.55. The molecular weight excluding hydrogens is 270 g/mol. The van der Waals surface area contributed by atoms with Gasteiger partial charge in [0.2, 0.25) is 0 Å². The topological polar surface area (TPSA) is 38.3 Å². The first-order valence-electron chi connectivity index (χ1n) is 5.33. The van der Waals surface area contributed by atoms with Crippen molar-refractivity contribution in [3.05, 3.63) is 28.2 Å². The Morgan fingerprint density at radius 1 is 1.50 bits per heavy atom. The molecule has 16 heavy (non-hydrogen) atoms. The number of unbranched alkanes of at least 4 members (excludes halogenated alkanes) is 1. The van der Waals surface area contributed by atoms with E-state index in [1.54, 1.807) is 0 Å². The van der Waals surface area contributed by atoms with E-state index in [2.05, 4.69) is 28.2 Å². The van der Waals surface area contributed by atoms with E-state index in [1.807, 2.05) is 25.1 Å². The first kappa shape index (κ1) is 13.0. The second-order valence-corrected chi connectivity index (χ2v) is 4.45. The molecule has 0 radical (unpaired) electrons. The number of anilines is 1. The molecule has 0 saturated heterocycles. The molecule has 0 bridgehead atoms. The quantitative estimate of drug-likeness (QED) is 0.846. The molecule has 1 rings (SSSR count). The highest BCUT2D eigenvalue weighted by Crippen LogP contribution is 2.23. The third-order valence-electron chi connectivity index (χ3n) is 2.09. The van der Waals surface area contributed by atoms with Gasteiger partial charge in [-0.25, -0.2) is 4.79 Å². The smallest absolute Gasteiger partial charge is 0.411 e. The second kappa shape index (κ2) is 6.53. The van der Waals surface area contributed by atoms with Gasteiger partial charge in [-0.15, -0.1) is 0 Å². The Bertz CT molecular complexity index is 366. The normalized spacial score (nSPS) is 9.94. The van der Waals surface area contributed by atoms with Gasteiger partial charge in [0.15, 0.2) is 0 Å². The van der Waals surface area contributed by atoms with Crippen LogP contribution in [0.15, 0.2) is 22.7 Å². The number of aryl methyl sites for hydroxylation is 1. The number of rotatable bonds is 4. The summed E-state index contributed by atoms with van der Waals surface area (Å²) in [6, 6.07) is 5.73. The predicted molar refractivity (Wildman–Crippen MR) is 68.8 cm³/mol. The van der Waals surface area contributed by atoms with Crippen LogP contribution < -0.4 is 5.32 Å². The first-order valence-corrected chi connectivity index (χ1v) is 6.12. The molecule has 4 heteroatoms. The molecule has 0 aliphatic rings. The Labute approximate surface area is 104 Å². The van der Waals surface area contributed by atoms with Gasteiger partial charge in [-0.3, -0.25) is 5.32 Å². The largest absolute Gasteiger partial charge is 0.449 e. The zero-order valence-corrected chi connectivity index (χ0v) is 11.1. The van der Waals surface area contributed by atoms with E-state index in [9.17, 15) is 4.79 Å². The third kappa shape index (κ3) is 4.23. The fourth-order valence-electron chi connectivity index (χ4n) is 1.18. The lowest BCUT2D eigenvalue weighted by molar-refractivity contribution is 0.160. The van der Waals surface area contributed by atoms with Gasteiger partial charge in [0.25, 0.3) is 0 Å². The molecule has 0 aliphatic carbocycles. The maximum Gasteiger partial charge on any atom is 0.411 e. The molecule has 0 saturated carbocycles. The van der Waals surface area contributed by atoms with E-state index in [4.69, 9.17) is 4.74 Å². The van der Waals surface area contributed by atoms with E-state index in [0.717, 1.165) is 28.6 Å². The number of hydrogen-bond donors (Lipinski definition) is 1. The number of halogens is 1. The van der Waals surface area contributed by atoms with E-state index in [1.165, 1.54) is 0 Å². The minimum Gasteiger partial charge on any atom is -0.449 e. The van der Waals surface area contributed by atoms with Crippen LogP contribution in [0.4, 0.5) is 10.5 Å². The first-order chi connectivity index (χ1) is 7.63. The van der Waals surface area contributed by atoms with Crippen molar-refractivity contribution in [1.82, 2.24) is 0 Å². The van der Waals surface area contributed by atoms with Gasteiger partial charge in [-0.05, 0) is 47.0 Å². The average Bonchev–Trinajstić information content (AvgIpc) is 2.23. The van der Waals surface area contributed by atoms with Gasteiger partial charge in [-0.2, -0.15) is 0 Å². The van der Waals surface area contributed by atoms with Crippen molar-refractivity contribution in [3.8, 4) is 0 Å². The Hall–Kier alpha value is -1.03. The summed E-state index contributed by atoms with van der Waals surface area (Å²) in [7, 11) is 0. The third-order valence-corrected chi connectivity index (χ3v) is 2.75. The van der Waals surface area contributed by atoms with Crippen LogP contribution in [0.25, 0.3) is 0 Å². The maximum atomic E-state index is 11.4. The van der Waals surface area contributed by atoms with Gasteiger partial charge in [-0.1, -0.05) is 19.4 Å². The highest BCUT2D eigenvalue weighted by Gasteiger charge is 2.05. The Morgan fingerprint density at radius 2 is 2.25 bits per heavy atom. The average molecular weight is 286 g/mol. The number of carbonyl (C=O) groups is 1. The van der Waals surface area contributed by atoms with Crippen LogP contribution >= 0.6 is 15.9 Å². The van der Waals surface area contributed by atoms with Crippen LogP contribution in [0, 0.1) is 6.92 Å². The van der Waals surface area contributed by atoms with E-state index < -0.39 is 6.09 Å². The lowest BCUT2D eigenvalue weighted by atomic mass is 10.2. The van der Waals surface area contributed by atoms with Gasteiger partial charge in [0.05, 0.1) is 12.3 Å². The fourth-order valence-corrected chi connectivity index (χ4v) is 1.77.